The van der Waals surface area contributed by atoms with Crippen LogP contribution in [0.15, 0.2) is 53.3 Å². The molecule has 0 aliphatic carbocycles. The zero-order valence-electron chi connectivity index (χ0n) is 14.7. The van der Waals surface area contributed by atoms with E-state index in [-0.39, 0.29) is 5.91 Å². The standard InChI is InChI=1S/C20H21BrN4O/c1-15(26)24-9-7-23(8-10-24)13-16-3-2-4-17(11-16)19-12-22-20-6-5-18(21)14-25(19)20/h2-6,11-12,14H,7-10,13H2,1H3. The number of nitrogens with zero attached hydrogens (tertiary/aromatic N) is 4. The van der Waals surface area contributed by atoms with Crippen molar-refractivity contribution < 1.29 is 4.79 Å². The number of amides is 1. The number of rotatable bonds is 3. The second kappa shape index (κ2) is 7.21. The first-order valence-electron chi connectivity index (χ1n) is 8.80. The number of hydrogen-bond acceptors (Lipinski definition) is 3. The first kappa shape index (κ1) is 17.2. The van der Waals surface area contributed by atoms with Gasteiger partial charge in [-0.2, -0.15) is 0 Å². The lowest BCUT2D eigenvalue weighted by atomic mass is 10.1. The fraction of sp³-hybridized carbons (Fsp3) is 0.300. The summed E-state index contributed by atoms with van der Waals surface area (Å²) in [5, 5.41) is 0. The predicted octanol–water partition coefficient (Wildman–Crippen LogP) is 3.43. The third-order valence-corrected chi connectivity index (χ3v) is 5.39. The zero-order chi connectivity index (χ0) is 18.1. The molecule has 1 fully saturated rings. The lowest BCUT2D eigenvalue weighted by Gasteiger charge is -2.34. The maximum Gasteiger partial charge on any atom is 0.219 e. The molecule has 0 bridgehead atoms. The van der Waals surface area contributed by atoms with Crippen LogP contribution in [0.2, 0.25) is 0 Å². The van der Waals surface area contributed by atoms with Gasteiger partial charge in [-0.05, 0) is 39.7 Å². The first-order valence-corrected chi connectivity index (χ1v) is 9.59. The number of aromatic nitrogens is 2. The van der Waals surface area contributed by atoms with Crippen LogP contribution < -0.4 is 0 Å². The summed E-state index contributed by atoms with van der Waals surface area (Å²) in [6.45, 7) is 6.03. The molecule has 5 nitrogen and oxygen atoms in total. The second-order valence-electron chi connectivity index (χ2n) is 6.70. The summed E-state index contributed by atoms with van der Waals surface area (Å²) >= 11 is 3.54. The number of fused-ring (bicyclic) bond motifs is 1. The van der Waals surface area contributed by atoms with Crippen LogP contribution >= 0.6 is 15.9 Å². The highest BCUT2D eigenvalue weighted by Crippen LogP contribution is 2.24. The molecule has 0 N–H and O–H groups in total. The van der Waals surface area contributed by atoms with Crippen LogP contribution in [0.4, 0.5) is 0 Å². The molecule has 0 spiro atoms. The summed E-state index contributed by atoms with van der Waals surface area (Å²) in [6, 6.07) is 12.6. The van der Waals surface area contributed by atoms with Gasteiger partial charge in [0.25, 0.3) is 0 Å². The van der Waals surface area contributed by atoms with E-state index in [1.807, 2.05) is 29.4 Å². The highest BCUT2D eigenvalue weighted by Gasteiger charge is 2.18. The Hall–Kier alpha value is -2.18. The maximum absolute atomic E-state index is 11.5. The van der Waals surface area contributed by atoms with Gasteiger partial charge in [0, 0.05) is 55.9 Å². The first-order chi connectivity index (χ1) is 12.6. The molecule has 1 aliphatic heterocycles. The Balaban J connectivity index is 1.53. The lowest BCUT2D eigenvalue weighted by molar-refractivity contribution is -0.130. The number of benzene rings is 1. The molecule has 2 aromatic heterocycles. The third kappa shape index (κ3) is 3.52. The summed E-state index contributed by atoms with van der Waals surface area (Å²) in [5.74, 6) is 0.172. The van der Waals surface area contributed by atoms with Gasteiger partial charge in [-0.15, -0.1) is 0 Å². The Morgan fingerprint density at radius 3 is 2.73 bits per heavy atom. The summed E-state index contributed by atoms with van der Waals surface area (Å²) in [7, 11) is 0. The van der Waals surface area contributed by atoms with Gasteiger partial charge in [-0.25, -0.2) is 4.98 Å². The van der Waals surface area contributed by atoms with E-state index in [0.29, 0.717) is 0 Å². The zero-order valence-corrected chi connectivity index (χ0v) is 16.3. The Kier molecular flexibility index (Phi) is 4.78. The van der Waals surface area contributed by atoms with E-state index in [9.17, 15) is 4.79 Å². The van der Waals surface area contributed by atoms with Crippen molar-refractivity contribution in [3.8, 4) is 11.3 Å². The summed E-state index contributed by atoms with van der Waals surface area (Å²) in [6.07, 6.45) is 3.97. The number of imidazole rings is 1. The van der Waals surface area contributed by atoms with Crippen LogP contribution in [-0.2, 0) is 11.3 Å². The predicted molar refractivity (Wildman–Crippen MR) is 106 cm³/mol. The van der Waals surface area contributed by atoms with E-state index in [0.717, 1.165) is 54.1 Å². The molecule has 0 unspecified atom stereocenters. The SMILES string of the molecule is CC(=O)N1CCN(Cc2cccc(-c3cnc4ccc(Br)cn34)c2)CC1. The second-order valence-corrected chi connectivity index (χ2v) is 7.62. The minimum Gasteiger partial charge on any atom is -0.340 e. The molecule has 3 heterocycles. The van der Waals surface area contributed by atoms with Gasteiger partial charge in [0.2, 0.25) is 5.91 Å². The van der Waals surface area contributed by atoms with Gasteiger partial charge in [0.05, 0.1) is 11.9 Å². The molecule has 1 amide bonds. The molecular weight excluding hydrogens is 392 g/mol. The average molecular weight is 413 g/mol. The fourth-order valence-electron chi connectivity index (χ4n) is 3.48. The van der Waals surface area contributed by atoms with Crippen molar-refractivity contribution in [3.05, 3.63) is 58.8 Å². The highest BCUT2D eigenvalue weighted by molar-refractivity contribution is 9.10. The molecule has 1 aromatic carbocycles. The van der Waals surface area contributed by atoms with E-state index in [1.54, 1.807) is 6.92 Å². The van der Waals surface area contributed by atoms with E-state index < -0.39 is 0 Å². The van der Waals surface area contributed by atoms with Gasteiger partial charge < -0.3 is 4.90 Å². The minimum atomic E-state index is 0.172. The quantitative estimate of drug-likeness (QED) is 0.661. The average Bonchev–Trinajstić information content (AvgIpc) is 3.05. The monoisotopic (exact) mass is 412 g/mol. The number of pyridine rings is 1. The van der Waals surface area contributed by atoms with Gasteiger partial charge in [-0.1, -0.05) is 18.2 Å². The highest BCUT2D eigenvalue weighted by atomic mass is 79.9. The minimum absolute atomic E-state index is 0.172. The molecule has 1 saturated heterocycles. The van der Waals surface area contributed by atoms with Crippen molar-refractivity contribution in [2.45, 2.75) is 13.5 Å². The van der Waals surface area contributed by atoms with Crippen LogP contribution in [0.3, 0.4) is 0 Å². The number of hydrogen-bond donors (Lipinski definition) is 0. The van der Waals surface area contributed by atoms with Crippen LogP contribution in [-0.4, -0.2) is 51.3 Å². The van der Waals surface area contributed by atoms with Crippen molar-refractivity contribution in [1.82, 2.24) is 19.2 Å². The molecule has 0 radical (unpaired) electrons. The van der Waals surface area contributed by atoms with Crippen LogP contribution in [0.5, 0.6) is 0 Å². The molecule has 1 aliphatic rings. The Bertz CT molecular complexity index is 944. The van der Waals surface area contributed by atoms with Gasteiger partial charge in [0.1, 0.15) is 5.65 Å². The van der Waals surface area contributed by atoms with Crippen LogP contribution in [0.25, 0.3) is 16.9 Å². The molecular formula is C20H21BrN4O. The fourth-order valence-corrected chi connectivity index (χ4v) is 3.81. The van der Waals surface area contributed by atoms with Crippen molar-refractivity contribution in [1.29, 1.82) is 0 Å². The van der Waals surface area contributed by atoms with E-state index in [4.69, 9.17) is 0 Å². The largest absolute Gasteiger partial charge is 0.340 e. The van der Waals surface area contributed by atoms with Crippen molar-refractivity contribution >= 4 is 27.5 Å². The smallest absolute Gasteiger partial charge is 0.219 e. The maximum atomic E-state index is 11.5. The summed E-state index contributed by atoms with van der Waals surface area (Å²) in [4.78, 5) is 20.3. The summed E-state index contributed by atoms with van der Waals surface area (Å²) in [5.41, 5.74) is 4.47. The third-order valence-electron chi connectivity index (χ3n) is 4.92. The van der Waals surface area contributed by atoms with E-state index >= 15 is 0 Å². The molecule has 0 atom stereocenters. The van der Waals surface area contributed by atoms with Gasteiger partial charge in [0.15, 0.2) is 0 Å². The van der Waals surface area contributed by atoms with E-state index in [2.05, 4.69) is 54.5 Å². The molecule has 0 saturated carbocycles. The lowest BCUT2D eigenvalue weighted by Crippen LogP contribution is -2.47. The number of carbonyl (C=O) groups excluding carboxylic acids is 1. The molecule has 134 valence electrons. The normalized spacial score (nSPS) is 15.5. The Labute approximate surface area is 161 Å². The Morgan fingerprint density at radius 1 is 1.15 bits per heavy atom. The van der Waals surface area contributed by atoms with Crippen molar-refractivity contribution in [2.24, 2.45) is 0 Å². The number of halogens is 1. The summed E-state index contributed by atoms with van der Waals surface area (Å²) < 4.78 is 3.14. The molecule has 3 aromatic rings. The van der Waals surface area contributed by atoms with Crippen LogP contribution in [0, 0.1) is 0 Å². The van der Waals surface area contributed by atoms with Crippen molar-refractivity contribution in [2.75, 3.05) is 26.2 Å². The molecule has 4 rings (SSSR count). The number of piperazine rings is 1. The Morgan fingerprint density at radius 2 is 1.96 bits per heavy atom. The van der Waals surface area contributed by atoms with Gasteiger partial charge >= 0.3 is 0 Å². The van der Waals surface area contributed by atoms with E-state index in [1.165, 1.54) is 5.56 Å². The van der Waals surface area contributed by atoms with Crippen LogP contribution in [0.1, 0.15) is 12.5 Å². The number of carbonyl (C=O) groups is 1. The molecule has 26 heavy (non-hydrogen) atoms. The molecule has 6 heteroatoms. The van der Waals surface area contributed by atoms with Gasteiger partial charge in [-0.3, -0.25) is 14.1 Å². The van der Waals surface area contributed by atoms with Crippen molar-refractivity contribution in [3.63, 3.8) is 0 Å². The topological polar surface area (TPSA) is 40.9 Å².